The van der Waals surface area contributed by atoms with Crippen molar-refractivity contribution in [2.75, 3.05) is 20.3 Å². The highest BCUT2D eigenvalue weighted by molar-refractivity contribution is 9.10. The first kappa shape index (κ1) is 24.6. The van der Waals surface area contributed by atoms with E-state index >= 15 is 0 Å². The van der Waals surface area contributed by atoms with Gasteiger partial charge in [-0.15, -0.1) is 0 Å². The molecule has 37 heavy (non-hydrogen) atoms. The number of ether oxygens (including phenoxy) is 3. The summed E-state index contributed by atoms with van der Waals surface area (Å²) < 4.78 is 25.0. The van der Waals surface area contributed by atoms with E-state index in [-0.39, 0.29) is 11.4 Å². The highest BCUT2D eigenvalue weighted by Gasteiger charge is 2.18. The van der Waals surface area contributed by atoms with Crippen LogP contribution in [0.1, 0.15) is 19.4 Å². The van der Waals surface area contributed by atoms with Gasteiger partial charge in [0.2, 0.25) is 5.82 Å². The molecule has 0 unspecified atom stereocenters. The molecule has 0 N–H and O–H groups in total. The molecule has 0 atom stereocenters. The summed E-state index contributed by atoms with van der Waals surface area (Å²) in [6.45, 7) is 4.78. The fourth-order valence-electron chi connectivity index (χ4n) is 4.05. The lowest BCUT2D eigenvalue weighted by atomic mass is 10.2. The van der Waals surface area contributed by atoms with E-state index in [1.54, 1.807) is 37.6 Å². The molecule has 0 aliphatic rings. The minimum absolute atomic E-state index is 0.272. The normalized spacial score (nSPS) is 11.5. The van der Waals surface area contributed by atoms with Crippen LogP contribution in [-0.4, -0.2) is 36.2 Å². The molecule has 8 nitrogen and oxygen atoms in total. The van der Waals surface area contributed by atoms with Crippen molar-refractivity contribution in [1.29, 1.82) is 0 Å². The molecule has 9 heteroatoms. The molecule has 5 aromatic rings. The molecule has 2 aromatic heterocycles. The topological polar surface area (TPSA) is 88.1 Å². The first-order valence-electron chi connectivity index (χ1n) is 11.8. The van der Waals surface area contributed by atoms with Crippen molar-refractivity contribution in [2.45, 2.75) is 13.8 Å². The third-order valence-electron chi connectivity index (χ3n) is 5.66. The summed E-state index contributed by atoms with van der Waals surface area (Å²) >= 11 is 3.55. The fourth-order valence-corrected chi connectivity index (χ4v) is 4.62. The van der Waals surface area contributed by atoms with Gasteiger partial charge in [-0.25, -0.2) is 4.98 Å². The van der Waals surface area contributed by atoms with Crippen molar-refractivity contribution < 1.29 is 18.6 Å². The van der Waals surface area contributed by atoms with Crippen LogP contribution in [0, 0.1) is 0 Å². The number of nitrogens with zero attached hydrogens (tertiary/aromatic N) is 3. The van der Waals surface area contributed by atoms with Gasteiger partial charge in [-0.2, -0.15) is 9.78 Å². The van der Waals surface area contributed by atoms with E-state index < -0.39 is 0 Å². The van der Waals surface area contributed by atoms with Crippen LogP contribution in [0.2, 0.25) is 0 Å². The van der Waals surface area contributed by atoms with Crippen molar-refractivity contribution in [2.24, 2.45) is 5.10 Å². The summed E-state index contributed by atoms with van der Waals surface area (Å²) in [7, 11) is 1.60. The molecule has 0 bridgehead atoms. The lowest BCUT2D eigenvalue weighted by molar-refractivity contribution is 0.286. The average Bonchev–Trinajstić information content (AvgIpc) is 3.34. The quantitative estimate of drug-likeness (QED) is 0.208. The average molecular weight is 562 g/mol. The van der Waals surface area contributed by atoms with Crippen molar-refractivity contribution in [3.05, 3.63) is 81.1 Å². The zero-order valence-electron chi connectivity index (χ0n) is 20.5. The molecule has 0 aliphatic carbocycles. The lowest BCUT2D eigenvalue weighted by Crippen LogP contribution is -2.20. The number of rotatable bonds is 8. The molecule has 0 aliphatic heterocycles. The van der Waals surface area contributed by atoms with Crippen LogP contribution in [0.3, 0.4) is 0 Å². The Morgan fingerprint density at radius 3 is 2.59 bits per heavy atom. The summed E-state index contributed by atoms with van der Waals surface area (Å²) in [6, 6.07) is 18.1. The smallest absolute Gasteiger partial charge is 0.282 e. The van der Waals surface area contributed by atoms with E-state index in [0.29, 0.717) is 58.3 Å². The van der Waals surface area contributed by atoms with E-state index in [9.17, 15) is 4.79 Å². The maximum Gasteiger partial charge on any atom is 0.282 e. The number of halogens is 1. The maximum absolute atomic E-state index is 13.5. The third-order valence-corrected chi connectivity index (χ3v) is 6.25. The fraction of sp³-hybridized carbons (Fsp3) is 0.179. The molecule has 0 saturated heterocycles. The highest BCUT2D eigenvalue weighted by atomic mass is 79.9. The number of hydrogen-bond acceptors (Lipinski definition) is 7. The standard InChI is InChI=1S/C28H24BrN3O5/c1-4-35-24-14-17(13-20(29)26(24)36-5-2)16-30-32-27(31-21-10-7-6-9-18(21)28(32)33)25-15-19-22(34-3)11-8-12-23(19)37-25/h6-16H,4-5H2,1-3H3. The monoisotopic (exact) mass is 561 g/mol. The molecule has 3 aromatic carbocycles. The molecule has 0 amide bonds. The molecular weight excluding hydrogens is 538 g/mol. The van der Waals surface area contributed by atoms with E-state index in [4.69, 9.17) is 23.6 Å². The molecule has 188 valence electrons. The maximum atomic E-state index is 13.5. The second-order valence-corrected chi connectivity index (χ2v) is 8.85. The van der Waals surface area contributed by atoms with Gasteiger partial charge in [0.25, 0.3) is 5.56 Å². The van der Waals surface area contributed by atoms with E-state index in [0.717, 1.165) is 9.86 Å². The summed E-state index contributed by atoms with van der Waals surface area (Å²) in [5, 5.41) is 5.76. The van der Waals surface area contributed by atoms with Gasteiger partial charge >= 0.3 is 0 Å². The first-order chi connectivity index (χ1) is 18.0. The number of aromatic nitrogens is 2. The largest absolute Gasteiger partial charge is 0.496 e. The van der Waals surface area contributed by atoms with Gasteiger partial charge in [-0.05, 0) is 77.8 Å². The summed E-state index contributed by atoms with van der Waals surface area (Å²) in [6.07, 6.45) is 1.58. The van der Waals surface area contributed by atoms with Crippen LogP contribution >= 0.6 is 15.9 Å². The van der Waals surface area contributed by atoms with Crippen molar-refractivity contribution in [3.63, 3.8) is 0 Å². The van der Waals surface area contributed by atoms with Gasteiger partial charge in [0, 0.05) is 0 Å². The van der Waals surface area contributed by atoms with E-state index in [1.165, 1.54) is 4.68 Å². The Balaban J connectivity index is 1.68. The van der Waals surface area contributed by atoms with Gasteiger partial charge in [-0.3, -0.25) is 4.79 Å². The molecule has 2 heterocycles. The Hall–Kier alpha value is -4.11. The molecule has 0 fully saturated rings. The van der Waals surface area contributed by atoms with Crippen molar-refractivity contribution in [3.8, 4) is 28.8 Å². The Morgan fingerprint density at radius 1 is 1.00 bits per heavy atom. The Kier molecular flexibility index (Phi) is 6.96. The van der Waals surface area contributed by atoms with Gasteiger partial charge in [0.15, 0.2) is 17.3 Å². The number of benzene rings is 3. The molecule has 0 saturated carbocycles. The summed E-state index contributed by atoms with van der Waals surface area (Å²) in [5.74, 6) is 2.51. The Labute approximate surface area is 221 Å². The zero-order valence-corrected chi connectivity index (χ0v) is 22.1. The van der Waals surface area contributed by atoms with Crippen LogP contribution < -0.4 is 19.8 Å². The van der Waals surface area contributed by atoms with Crippen molar-refractivity contribution >= 4 is 44.0 Å². The van der Waals surface area contributed by atoms with Crippen molar-refractivity contribution in [1.82, 2.24) is 9.66 Å². The molecule has 0 radical (unpaired) electrons. The summed E-state index contributed by atoms with van der Waals surface area (Å²) in [4.78, 5) is 18.3. The molecular formula is C28H24BrN3O5. The number of hydrogen-bond donors (Lipinski definition) is 0. The van der Waals surface area contributed by atoms with Crippen LogP contribution in [-0.2, 0) is 0 Å². The predicted octanol–water partition coefficient (Wildman–Crippen LogP) is 6.26. The van der Waals surface area contributed by atoms with Gasteiger partial charge < -0.3 is 18.6 Å². The number of fused-ring (bicyclic) bond motifs is 2. The number of para-hydroxylation sites is 1. The zero-order chi connectivity index (χ0) is 25.9. The van der Waals surface area contributed by atoms with E-state index in [2.05, 4.69) is 21.0 Å². The summed E-state index contributed by atoms with van der Waals surface area (Å²) in [5.41, 5.74) is 1.54. The van der Waals surface area contributed by atoms with Crippen LogP contribution in [0.15, 0.2) is 79.4 Å². The Morgan fingerprint density at radius 2 is 1.81 bits per heavy atom. The third kappa shape index (κ3) is 4.70. The first-order valence-corrected chi connectivity index (χ1v) is 12.6. The van der Waals surface area contributed by atoms with E-state index in [1.807, 2.05) is 50.2 Å². The van der Waals surface area contributed by atoms with Gasteiger partial charge in [0.1, 0.15) is 11.3 Å². The minimum atomic E-state index is -0.320. The predicted molar refractivity (Wildman–Crippen MR) is 147 cm³/mol. The van der Waals surface area contributed by atoms with Crippen LogP contribution in [0.4, 0.5) is 0 Å². The number of methoxy groups -OCH3 is 1. The van der Waals surface area contributed by atoms with Gasteiger partial charge in [0.05, 0.1) is 47.3 Å². The SMILES string of the molecule is CCOc1cc(C=Nn2c(-c3cc4c(OC)cccc4o3)nc3ccccc3c2=O)cc(Br)c1OCC. The Bertz CT molecular complexity index is 1690. The minimum Gasteiger partial charge on any atom is -0.496 e. The lowest BCUT2D eigenvalue weighted by Gasteiger charge is -2.13. The molecule has 5 rings (SSSR count). The second-order valence-electron chi connectivity index (χ2n) is 7.99. The molecule has 0 spiro atoms. The van der Waals surface area contributed by atoms with Crippen LogP contribution in [0.25, 0.3) is 33.5 Å². The van der Waals surface area contributed by atoms with Gasteiger partial charge in [-0.1, -0.05) is 18.2 Å². The highest BCUT2D eigenvalue weighted by Crippen LogP contribution is 2.37. The number of furan rings is 1. The second kappa shape index (κ2) is 10.5. The van der Waals surface area contributed by atoms with Crippen LogP contribution in [0.5, 0.6) is 17.2 Å².